The maximum absolute atomic E-state index is 12.8. The van der Waals surface area contributed by atoms with Crippen molar-refractivity contribution in [3.05, 3.63) is 101 Å². The number of aryl methyl sites for hydroxylation is 1. The standard InChI is InChI=1S/C25H27NO2.CO2/c1-19(2)28-18-22-12-10-21(11-13-22)6-4-16-26-17-5-7-24(26)25(27)23-14-8-20(3)9-15-23;2-1-3/h4-15,17,19H,16,18H2,1-3H3;/b6-4+;. The molecular formula is C26H27NO4. The Morgan fingerprint density at radius 3 is 2.29 bits per heavy atom. The van der Waals surface area contributed by atoms with Crippen LogP contribution in [0.25, 0.3) is 6.08 Å². The summed E-state index contributed by atoms with van der Waals surface area (Å²) < 4.78 is 7.60. The Balaban J connectivity index is 0.00000107. The van der Waals surface area contributed by atoms with Gasteiger partial charge in [-0.1, -0.05) is 66.2 Å². The molecular weight excluding hydrogens is 390 g/mol. The predicted octanol–water partition coefficient (Wildman–Crippen LogP) is 5.08. The molecule has 0 amide bonds. The predicted molar refractivity (Wildman–Crippen MR) is 119 cm³/mol. The lowest BCUT2D eigenvalue weighted by Gasteiger charge is -2.08. The van der Waals surface area contributed by atoms with Crippen molar-refractivity contribution in [2.45, 2.75) is 40.0 Å². The molecule has 0 atom stereocenters. The zero-order valence-corrected chi connectivity index (χ0v) is 18.1. The van der Waals surface area contributed by atoms with E-state index in [-0.39, 0.29) is 18.0 Å². The van der Waals surface area contributed by atoms with Gasteiger partial charge in [-0.25, -0.2) is 0 Å². The molecule has 31 heavy (non-hydrogen) atoms. The molecule has 5 nitrogen and oxygen atoms in total. The van der Waals surface area contributed by atoms with Crippen LogP contribution in [0, 0.1) is 6.92 Å². The number of rotatable bonds is 8. The summed E-state index contributed by atoms with van der Waals surface area (Å²) in [5.41, 5.74) is 4.87. The van der Waals surface area contributed by atoms with E-state index in [1.165, 1.54) is 5.56 Å². The van der Waals surface area contributed by atoms with E-state index in [2.05, 4.69) is 36.4 Å². The van der Waals surface area contributed by atoms with Crippen LogP contribution in [0.5, 0.6) is 0 Å². The lowest BCUT2D eigenvalue weighted by atomic mass is 10.1. The van der Waals surface area contributed by atoms with Crippen LogP contribution in [0.3, 0.4) is 0 Å². The summed E-state index contributed by atoms with van der Waals surface area (Å²) in [5.74, 6) is 0.0490. The van der Waals surface area contributed by atoms with Gasteiger partial charge in [-0.05, 0) is 44.0 Å². The normalized spacial score (nSPS) is 10.6. The number of carbonyl (C=O) groups excluding carboxylic acids is 3. The van der Waals surface area contributed by atoms with Gasteiger partial charge in [0.1, 0.15) is 0 Å². The molecule has 1 heterocycles. The number of aromatic nitrogens is 1. The SMILES string of the molecule is Cc1ccc(C(=O)c2cccn2C/C=C/c2ccc(COC(C)C)cc2)cc1.O=C=O. The molecule has 0 spiro atoms. The first-order valence-corrected chi connectivity index (χ1v) is 10.1. The van der Waals surface area contributed by atoms with Gasteiger partial charge in [0.25, 0.3) is 0 Å². The van der Waals surface area contributed by atoms with Crippen molar-refractivity contribution in [1.82, 2.24) is 4.57 Å². The van der Waals surface area contributed by atoms with Crippen molar-refractivity contribution < 1.29 is 19.1 Å². The van der Waals surface area contributed by atoms with E-state index < -0.39 is 0 Å². The van der Waals surface area contributed by atoms with E-state index in [9.17, 15) is 4.79 Å². The number of ketones is 1. The van der Waals surface area contributed by atoms with Crippen LogP contribution in [-0.4, -0.2) is 22.6 Å². The Morgan fingerprint density at radius 2 is 1.68 bits per heavy atom. The van der Waals surface area contributed by atoms with E-state index in [1.807, 2.05) is 67.9 Å². The van der Waals surface area contributed by atoms with Gasteiger partial charge in [0.05, 0.1) is 18.4 Å². The smallest absolute Gasteiger partial charge is 0.373 e. The van der Waals surface area contributed by atoms with Crippen LogP contribution in [0.15, 0.2) is 72.9 Å². The fourth-order valence-corrected chi connectivity index (χ4v) is 2.92. The number of allylic oxidation sites excluding steroid dienone is 1. The van der Waals surface area contributed by atoms with Crippen molar-refractivity contribution in [2.24, 2.45) is 0 Å². The molecule has 5 heteroatoms. The molecule has 0 N–H and O–H groups in total. The van der Waals surface area contributed by atoms with Crippen LogP contribution in [0.1, 0.15) is 46.6 Å². The van der Waals surface area contributed by atoms with Gasteiger partial charge in [0, 0.05) is 18.3 Å². The van der Waals surface area contributed by atoms with Crippen LogP contribution in [0.4, 0.5) is 0 Å². The van der Waals surface area contributed by atoms with Crippen LogP contribution in [-0.2, 0) is 27.5 Å². The summed E-state index contributed by atoms with van der Waals surface area (Å²) in [6.07, 6.45) is 6.58. The number of benzene rings is 2. The van der Waals surface area contributed by atoms with Gasteiger partial charge in [-0.3, -0.25) is 4.79 Å². The molecule has 160 valence electrons. The van der Waals surface area contributed by atoms with Gasteiger partial charge in [-0.15, -0.1) is 0 Å². The van der Waals surface area contributed by atoms with E-state index in [0.717, 1.165) is 11.1 Å². The molecule has 0 unspecified atom stereocenters. The minimum absolute atomic E-state index is 0.0490. The number of carbonyl (C=O) groups is 1. The van der Waals surface area contributed by atoms with Crippen LogP contribution >= 0.6 is 0 Å². The fraction of sp³-hybridized carbons (Fsp3) is 0.231. The lowest BCUT2D eigenvalue weighted by Crippen LogP contribution is -2.09. The van der Waals surface area contributed by atoms with Crippen molar-refractivity contribution in [1.29, 1.82) is 0 Å². The molecule has 1 aromatic heterocycles. The molecule has 0 aliphatic carbocycles. The summed E-state index contributed by atoms with van der Waals surface area (Å²) >= 11 is 0. The summed E-state index contributed by atoms with van der Waals surface area (Å²) in [7, 11) is 0. The Kier molecular flexibility index (Phi) is 9.37. The number of nitrogens with zero attached hydrogens (tertiary/aromatic N) is 1. The average molecular weight is 418 g/mol. The molecule has 0 radical (unpaired) electrons. The monoisotopic (exact) mass is 417 g/mol. The topological polar surface area (TPSA) is 65.4 Å². The molecule has 0 bridgehead atoms. The first kappa shape index (κ1) is 23.7. The van der Waals surface area contributed by atoms with E-state index in [1.54, 1.807) is 0 Å². The maximum Gasteiger partial charge on any atom is 0.373 e. The van der Waals surface area contributed by atoms with E-state index in [4.69, 9.17) is 14.3 Å². The molecule has 0 aliphatic rings. The van der Waals surface area contributed by atoms with E-state index in [0.29, 0.717) is 24.4 Å². The van der Waals surface area contributed by atoms with Crippen molar-refractivity contribution in [2.75, 3.05) is 0 Å². The highest BCUT2D eigenvalue weighted by molar-refractivity contribution is 6.08. The molecule has 0 saturated carbocycles. The molecule has 3 rings (SSSR count). The molecule has 0 aliphatic heterocycles. The third-order valence-corrected chi connectivity index (χ3v) is 4.55. The van der Waals surface area contributed by atoms with Crippen LogP contribution < -0.4 is 0 Å². The summed E-state index contributed by atoms with van der Waals surface area (Å²) in [6.45, 7) is 7.38. The second kappa shape index (κ2) is 12.2. The Hall–Kier alpha value is -3.53. The molecule has 0 fully saturated rings. The minimum Gasteiger partial charge on any atom is -0.374 e. The van der Waals surface area contributed by atoms with Gasteiger partial charge >= 0.3 is 6.15 Å². The first-order chi connectivity index (χ1) is 14.9. The highest BCUT2D eigenvalue weighted by Gasteiger charge is 2.12. The van der Waals surface area contributed by atoms with Gasteiger partial charge in [0.15, 0.2) is 0 Å². The number of ether oxygens (including phenoxy) is 1. The van der Waals surface area contributed by atoms with Gasteiger partial charge < -0.3 is 9.30 Å². The Morgan fingerprint density at radius 1 is 1.03 bits per heavy atom. The second-order valence-corrected chi connectivity index (χ2v) is 7.33. The quantitative estimate of drug-likeness (QED) is 0.479. The largest absolute Gasteiger partial charge is 0.374 e. The summed E-state index contributed by atoms with van der Waals surface area (Å²) in [4.78, 5) is 29.0. The Labute approximate surface area is 183 Å². The maximum atomic E-state index is 12.8. The van der Waals surface area contributed by atoms with E-state index >= 15 is 0 Å². The van der Waals surface area contributed by atoms with Gasteiger partial charge in [0.2, 0.25) is 5.78 Å². The number of hydrogen-bond donors (Lipinski definition) is 0. The molecule has 3 aromatic rings. The number of hydrogen-bond acceptors (Lipinski definition) is 4. The molecule has 2 aromatic carbocycles. The highest BCUT2D eigenvalue weighted by Crippen LogP contribution is 2.13. The highest BCUT2D eigenvalue weighted by atomic mass is 16.5. The van der Waals surface area contributed by atoms with Crippen LogP contribution in [0.2, 0.25) is 0 Å². The Bertz CT molecular complexity index is 1020. The zero-order chi connectivity index (χ0) is 22.6. The average Bonchev–Trinajstić information content (AvgIpc) is 3.22. The fourth-order valence-electron chi connectivity index (χ4n) is 2.92. The lowest BCUT2D eigenvalue weighted by molar-refractivity contribution is -0.191. The second-order valence-electron chi connectivity index (χ2n) is 7.33. The summed E-state index contributed by atoms with van der Waals surface area (Å²) in [6, 6.07) is 19.8. The van der Waals surface area contributed by atoms with Gasteiger partial charge in [-0.2, -0.15) is 9.59 Å². The van der Waals surface area contributed by atoms with Crippen molar-refractivity contribution >= 4 is 18.0 Å². The molecule has 0 saturated heterocycles. The first-order valence-electron chi connectivity index (χ1n) is 10.1. The zero-order valence-electron chi connectivity index (χ0n) is 18.1. The van der Waals surface area contributed by atoms with Crippen molar-refractivity contribution in [3.63, 3.8) is 0 Å². The third-order valence-electron chi connectivity index (χ3n) is 4.55. The minimum atomic E-state index is 0.0490. The van der Waals surface area contributed by atoms with Crippen molar-refractivity contribution in [3.8, 4) is 0 Å². The third kappa shape index (κ3) is 7.67. The summed E-state index contributed by atoms with van der Waals surface area (Å²) in [5, 5.41) is 0.